The summed E-state index contributed by atoms with van der Waals surface area (Å²) in [6, 6.07) is 0. The molecular formula is C8H18O. The quantitative estimate of drug-likeness (QED) is 0.606. The maximum absolute atomic E-state index is 8.70. The van der Waals surface area contributed by atoms with Gasteiger partial charge in [-0.2, -0.15) is 0 Å². The van der Waals surface area contributed by atoms with Gasteiger partial charge in [0.2, 0.25) is 0 Å². The Kier molecular flexibility index (Phi) is 3.20. The first-order valence-corrected chi connectivity index (χ1v) is 3.56. The van der Waals surface area contributed by atoms with Crippen LogP contribution < -0.4 is 0 Å². The summed E-state index contributed by atoms with van der Waals surface area (Å²) in [4.78, 5) is 0. The number of aliphatic hydroxyl groups is 1. The Balaban J connectivity index is 3.47. The van der Waals surface area contributed by atoms with Crippen molar-refractivity contribution in [2.45, 2.75) is 34.1 Å². The van der Waals surface area contributed by atoms with Crippen molar-refractivity contribution in [2.75, 3.05) is 6.61 Å². The highest BCUT2D eigenvalue weighted by molar-refractivity contribution is 4.64. The molecule has 0 amide bonds. The molecule has 0 aromatic rings. The second-order valence-corrected chi connectivity index (χ2v) is 4.05. The van der Waals surface area contributed by atoms with Crippen molar-refractivity contribution >= 4 is 0 Å². The molecule has 0 radical (unpaired) electrons. The van der Waals surface area contributed by atoms with Crippen molar-refractivity contribution in [3.05, 3.63) is 0 Å². The zero-order chi connectivity index (χ0) is 7.49. The van der Waals surface area contributed by atoms with Gasteiger partial charge in [-0.3, -0.25) is 0 Å². The second kappa shape index (κ2) is 3.21. The normalized spacial score (nSPS) is 15.7. The van der Waals surface area contributed by atoms with E-state index in [1.807, 2.05) is 0 Å². The molecular weight excluding hydrogens is 112 g/mol. The van der Waals surface area contributed by atoms with Crippen LogP contribution in [0.2, 0.25) is 0 Å². The number of aliphatic hydroxyl groups excluding tert-OH is 1. The molecule has 0 spiro atoms. The van der Waals surface area contributed by atoms with Crippen LogP contribution in [0.15, 0.2) is 0 Å². The Bertz CT molecular complexity index is 71.1. The van der Waals surface area contributed by atoms with Gasteiger partial charge in [0.1, 0.15) is 0 Å². The van der Waals surface area contributed by atoms with E-state index in [1.54, 1.807) is 0 Å². The molecule has 0 aliphatic heterocycles. The summed E-state index contributed by atoms with van der Waals surface area (Å²) in [7, 11) is 0. The molecule has 9 heavy (non-hydrogen) atoms. The van der Waals surface area contributed by atoms with Gasteiger partial charge < -0.3 is 5.11 Å². The molecule has 0 bridgehead atoms. The smallest absolute Gasteiger partial charge is 0.0456 e. The van der Waals surface area contributed by atoms with Crippen LogP contribution in [0.4, 0.5) is 0 Å². The van der Waals surface area contributed by atoms with Gasteiger partial charge in [0.25, 0.3) is 0 Å². The highest BCUT2D eigenvalue weighted by Crippen LogP contribution is 2.23. The van der Waals surface area contributed by atoms with Crippen LogP contribution in [0.3, 0.4) is 0 Å². The average molecular weight is 130 g/mol. The Labute approximate surface area is 58.1 Å². The first kappa shape index (κ1) is 8.96. The minimum Gasteiger partial charge on any atom is -0.396 e. The molecule has 0 aliphatic carbocycles. The van der Waals surface area contributed by atoms with Crippen molar-refractivity contribution in [3.63, 3.8) is 0 Å². The highest BCUT2D eigenvalue weighted by atomic mass is 16.3. The number of rotatable bonds is 2. The third-order valence-corrected chi connectivity index (χ3v) is 1.27. The van der Waals surface area contributed by atoms with E-state index in [2.05, 4.69) is 27.7 Å². The molecule has 0 saturated heterocycles. The monoisotopic (exact) mass is 130 g/mol. The minimum absolute atomic E-state index is 0.317. The SMILES string of the molecule is CC(CO)CC(C)(C)C. The maximum atomic E-state index is 8.70. The summed E-state index contributed by atoms with van der Waals surface area (Å²) in [5.41, 5.74) is 0.363. The summed E-state index contributed by atoms with van der Waals surface area (Å²) in [6.07, 6.45) is 1.10. The molecule has 0 aliphatic rings. The fraction of sp³-hybridized carbons (Fsp3) is 1.00. The summed E-state index contributed by atoms with van der Waals surface area (Å²) in [6.45, 7) is 8.97. The van der Waals surface area contributed by atoms with E-state index in [-0.39, 0.29) is 0 Å². The molecule has 1 heteroatoms. The van der Waals surface area contributed by atoms with Crippen LogP contribution in [0, 0.1) is 11.3 Å². The largest absolute Gasteiger partial charge is 0.396 e. The van der Waals surface area contributed by atoms with E-state index >= 15 is 0 Å². The van der Waals surface area contributed by atoms with Crippen LogP contribution in [0.5, 0.6) is 0 Å². The summed E-state index contributed by atoms with van der Waals surface area (Å²) >= 11 is 0. The van der Waals surface area contributed by atoms with E-state index in [4.69, 9.17) is 5.11 Å². The molecule has 56 valence electrons. The van der Waals surface area contributed by atoms with Gasteiger partial charge in [-0.25, -0.2) is 0 Å². The predicted molar refractivity (Wildman–Crippen MR) is 40.3 cm³/mol. The first-order valence-electron chi connectivity index (χ1n) is 3.56. The van der Waals surface area contributed by atoms with Crippen LogP contribution in [-0.4, -0.2) is 11.7 Å². The molecule has 0 saturated carbocycles. The van der Waals surface area contributed by atoms with Gasteiger partial charge in [0.15, 0.2) is 0 Å². The molecule has 0 fully saturated rings. The summed E-state index contributed by atoms with van der Waals surface area (Å²) in [5, 5.41) is 8.70. The van der Waals surface area contributed by atoms with Gasteiger partial charge in [0.05, 0.1) is 0 Å². The standard InChI is InChI=1S/C8H18O/c1-7(6-9)5-8(2,3)4/h7,9H,5-6H2,1-4H3. The fourth-order valence-corrected chi connectivity index (χ4v) is 1.11. The number of hydrogen-bond donors (Lipinski definition) is 1. The maximum Gasteiger partial charge on any atom is 0.0456 e. The van der Waals surface area contributed by atoms with E-state index in [0.29, 0.717) is 17.9 Å². The highest BCUT2D eigenvalue weighted by Gasteiger charge is 2.13. The fourth-order valence-electron chi connectivity index (χ4n) is 1.11. The van der Waals surface area contributed by atoms with Gasteiger partial charge in [-0.1, -0.05) is 27.7 Å². The van der Waals surface area contributed by atoms with Crippen molar-refractivity contribution in [1.29, 1.82) is 0 Å². The molecule has 1 atom stereocenters. The van der Waals surface area contributed by atoms with E-state index < -0.39 is 0 Å². The van der Waals surface area contributed by atoms with Crippen LogP contribution in [0.25, 0.3) is 0 Å². The van der Waals surface area contributed by atoms with E-state index in [9.17, 15) is 0 Å². The number of hydrogen-bond acceptors (Lipinski definition) is 1. The summed E-state index contributed by atoms with van der Waals surface area (Å²) < 4.78 is 0. The van der Waals surface area contributed by atoms with Crippen LogP contribution in [0.1, 0.15) is 34.1 Å². The van der Waals surface area contributed by atoms with Gasteiger partial charge in [0, 0.05) is 6.61 Å². The Morgan fingerprint density at radius 1 is 1.33 bits per heavy atom. The molecule has 0 rings (SSSR count). The molecule has 0 aromatic carbocycles. The molecule has 0 aromatic heterocycles. The Morgan fingerprint density at radius 3 is 1.89 bits per heavy atom. The van der Waals surface area contributed by atoms with Gasteiger partial charge in [-0.05, 0) is 17.8 Å². The van der Waals surface area contributed by atoms with Gasteiger partial charge >= 0.3 is 0 Å². The van der Waals surface area contributed by atoms with Gasteiger partial charge in [-0.15, -0.1) is 0 Å². The summed E-state index contributed by atoms with van der Waals surface area (Å²) in [5.74, 6) is 0.449. The molecule has 1 unspecified atom stereocenters. The average Bonchev–Trinajstić information content (AvgIpc) is 1.62. The lowest BCUT2D eigenvalue weighted by molar-refractivity contribution is 0.191. The molecule has 1 N–H and O–H groups in total. The zero-order valence-corrected chi connectivity index (χ0v) is 6.94. The Hall–Kier alpha value is -0.0400. The van der Waals surface area contributed by atoms with Crippen LogP contribution in [-0.2, 0) is 0 Å². The Morgan fingerprint density at radius 2 is 1.78 bits per heavy atom. The molecule has 0 heterocycles. The second-order valence-electron chi connectivity index (χ2n) is 4.05. The predicted octanol–water partition coefficient (Wildman–Crippen LogP) is 2.05. The minimum atomic E-state index is 0.317. The third-order valence-electron chi connectivity index (χ3n) is 1.27. The van der Waals surface area contributed by atoms with Crippen molar-refractivity contribution in [1.82, 2.24) is 0 Å². The first-order chi connectivity index (χ1) is 3.95. The van der Waals surface area contributed by atoms with Crippen molar-refractivity contribution in [2.24, 2.45) is 11.3 Å². The lowest BCUT2D eigenvalue weighted by Crippen LogP contribution is -2.13. The van der Waals surface area contributed by atoms with Crippen molar-refractivity contribution < 1.29 is 5.11 Å². The van der Waals surface area contributed by atoms with E-state index in [1.165, 1.54) is 0 Å². The van der Waals surface area contributed by atoms with Crippen LogP contribution >= 0.6 is 0 Å². The topological polar surface area (TPSA) is 20.2 Å². The van der Waals surface area contributed by atoms with Crippen molar-refractivity contribution in [3.8, 4) is 0 Å². The lowest BCUT2D eigenvalue weighted by atomic mass is 9.86. The zero-order valence-electron chi connectivity index (χ0n) is 6.94. The van der Waals surface area contributed by atoms with E-state index in [0.717, 1.165) is 6.42 Å². The lowest BCUT2D eigenvalue weighted by Gasteiger charge is -2.21. The molecule has 1 nitrogen and oxygen atoms in total. The third kappa shape index (κ3) is 5.84.